The minimum Gasteiger partial charge on any atom is -0.481 e. The maximum absolute atomic E-state index is 12.0. The number of nitrogens with zero attached hydrogens (tertiary/aromatic N) is 4. The first-order chi connectivity index (χ1) is 9.04. The molecule has 1 aromatic heterocycles. The van der Waals surface area contributed by atoms with Crippen molar-refractivity contribution in [2.45, 2.75) is 17.1 Å². The van der Waals surface area contributed by atoms with Gasteiger partial charge in [-0.15, -0.1) is 10.2 Å². The molecule has 0 aliphatic heterocycles. The highest BCUT2D eigenvalue weighted by molar-refractivity contribution is 7.84. The van der Waals surface area contributed by atoms with E-state index in [9.17, 15) is 9.00 Å². The van der Waals surface area contributed by atoms with E-state index in [0.29, 0.717) is 16.3 Å². The summed E-state index contributed by atoms with van der Waals surface area (Å²) in [6.45, 7) is 0. The molecule has 2 rings (SSSR count). The molecule has 0 amide bonds. The fraction of sp³-hybridized carbons (Fsp3) is 0.273. The number of aryl methyl sites for hydroxylation is 1. The van der Waals surface area contributed by atoms with Crippen molar-refractivity contribution in [1.29, 1.82) is 0 Å². The van der Waals surface area contributed by atoms with Crippen molar-refractivity contribution in [1.82, 2.24) is 20.2 Å². The summed E-state index contributed by atoms with van der Waals surface area (Å²) in [6.07, 6.45) is -0.0430. The Morgan fingerprint density at radius 2 is 2.05 bits per heavy atom. The first-order valence-electron chi connectivity index (χ1n) is 5.46. The second-order valence-electron chi connectivity index (χ2n) is 3.90. The number of benzene rings is 1. The summed E-state index contributed by atoms with van der Waals surface area (Å²) >= 11 is 0. The van der Waals surface area contributed by atoms with Crippen molar-refractivity contribution in [2.24, 2.45) is 7.05 Å². The van der Waals surface area contributed by atoms with Gasteiger partial charge in [0.2, 0.25) is 0 Å². The lowest BCUT2D eigenvalue weighted by Crippen LogP contribution is -2.02. The van der Waals surface area contributed by atoms with Crippen LogP contribution in [0.15, 0.2) is 29.2 Å². The zero-order valence-corrected chi connectivity index (χ0v) is 11.0. The van der Waals surface area contributed by atoms with Gasteiger partial charge in [0.25, 0.3) is 0 Å². The van der Waals surface area contributed by atoms with Crippen LogP contribution in [0.4, 0.5) is 0 Å². The first kappa shape index (κ1) is 13.3. The van der Waals surface area contributed by atoms with E-state index < -0.39 is 16.8 Å². The average Bonchev–Trinajstić information content (AvgIpc) is 2.75. The van der Waals surface area contributed by atoms with Gasteiger partial charge in [-0.05, 0) is 22.9 Å². The molecule has 19 heavy (non-hydrogen) atoms. The quantitative estimate of drug-likeness (QED) is 0.837. The van der Waals surface area contributed by atoms with Gasteiger partial charge in [-0.25, -0.2) is 0 Å². The Balaban J connectivity index is 2.05. The number of hydrogen-bond acceptors (Lipinski definition) is 5. The predicted octanol–water partition coefficient (Wildman–Crippen LogP) is 0.145. The normalized spacial score (nSPS) is 12.3. The molecule has 8 heteroatoms. The first-order valence-corrected chi connectivity index (χ1v) is 6.78. The van der Waals surface area contributed by atoms with Crippen LogP contribution in [0.1, 0.15) is 11.4 Å². The third kappa shape index (κ3) is 3.68. The van der Waals surface area contributed by atoms with E-state index in [4.69, 9.17) is 5.11 Å². The number of hydrogen-bond donors (Lipinski definition) is 1. The Kier molecular flexibility index (Phi) is 4.00. The van der Waals surface area contributed by atoms with Crippen LogP contribution in [-0.4, -0.2) is 35.5 Å². The monoisotopic (exact) mass is 280 g/mol. The van der Waals surface area contributed by atoms with E-state index in [1.54, 1.807) is 31.3 Å². The molecule has 0 fully saturated rings. The van der Waals surface area contributed by atoms with Gasteiger partial charge in [-0.3, -0.25) is 9.00 Å². The SMILES string of the molecule is Cn1nnc(CS(=O)c2ccc(CC(=O)O)cc2)n1. The predicted molar refractivity (Wildman–Crippen MR) is 66.7 cm³/mol. The molecule has 0 radical (unpaired) electrons. The van der Waals surface area contributed by atoms with E-state index in [-0.39, 0.29) is 12.2 Å². The highest BCUT2D eigenvalue weighted by atomic mass is 32.2. The highest BCUT2D eigenvalue weighted by Crippen LogP contribution is 2.12. The Bertz CT molecular complexity index is 609. The number of carboxylic acid groups (broad SMARTS) is 1. The molecule has 1 N–H and O–H groups in total. The largest absolute Gasteiger partial charge is 0.481 e. The van der Waals surface area contributed by atoms with E-state index in [1.165, 1.54) is 4.80 Å². The fourth-order valence-corrected chi connectivity index (χ4v) is 2.47. The number of carbonyl (C=O) groups is 1. The van der Waals surface area contributed by atoms with Crippen LogP contribution in [-0.2, 0) is 34.8 Å². The van der Waals surface area contributed by atoms with Gasteiger partial charge in [0.15, 0.2) is 5.82 Å². The average molecular weight is 280 g/mol. The molecule has 1 aromatic carbocycles. The minimum atomic E-state index is -1.27. The van der Waals surface area contributed by atoms with Crippen LogP contribution in [0, 0.1) is 0 Å². The van der Waals surface area contributed by atoms with Gasteiger partial charge in [0.05, 0.1) is 30.0 Å². The fourth-order valence-electron chi connectivity index (χ4n) is 1.52. The van der Waals surface area contributed by atoms with Gasteiger partial charge in [0.1, 0.15) is 0 Å². The lowest BCUT2D eigenvalue weighted by molar-refractivity contribution is -0.136. The standard InChI is InChI=1S/C11H12N4O3S/c1-15-13-10(12-14-15)7-19(18)9-4-2-8(3-5-9)6-11(16)17/h2-5H,6-7H2,1H3,(H,16,17). The van der Waals surface area contributed by atoms with Crippen molar-refractivity contribution < 1.29 is 14.1 Å². The Morgan fingerprint density at radius 1 is 1.37 bits per heavy atom. The molecule has 100 valence electrons. The molecule has 0 aliphatic carbocycles. The number of rotatable bonds is 5. The number of tetrazole rings is 1. The number of aromatic nitrogens is 4. The molecule has 0 aliphatic rings. The maximum Gasteiger partial charge on any atom is 0.307 e. The molecular weight excluding hydrogens is 268 g/mol. The van der Waals surface area contributed by atoms with Crippen LogP contribution in [0.25, 0.3) is 0 Å². The van der Waals surface area contributed by atoms with E-state index in [0.717, 1.165) is 0 Å². The van der Waals surface area contributed by atoms with E-state index in [1.807, 2.05) is 0 Å². The van der Waals surface area contributed by atoms with Gasteiger partial charge >= 0.3 is 5.97 Å². The molecule has 0 saturated heterocycles. The third-order valence-electron chi connectivity index (χ3n) is 2.35. The van der Waals surface area contributed by atoms with Crippen LogP contribution in [0.3, 0.4) is 0 Å². The van der Waals surface area contributed by atoms with Crippen LogP contribution in [0.2, 0.25) is 0 Å². The van der Waals surface area contributed by atoms with Crippen molar-refractivity contribution in [3.8, 4) is 0 Å². The zero-order valence-electron chi connectivity index (χ0n) is 10.2. The maximum atomic E-state index is 12.0. The molecular formula is C11H12N4O3S. The van der Waals surface area contributed by atoms with E-state index >= 15 is 0 Å². The van der Waals surface area contributed by atoms with Crippen molar-refractivity contribution >= 4 is 16.8 Å². The van der Waals surface area contributed by atoms with Gasteiger partial charge in [-0.1, -0.05) is 12.1 Å². The third-order valence-corrected chi connectivity index (χ3v) is 3.67. The second-order valence-corrected chi connectivity index (χ2v) is 5.35. The Morgan fingerprint density at radius 3 is 2.58 bits per heavy atom. The summed E-state index contributed by atoms with van der Waals surface area (Å²) in [7, 11) is 0.371. The molecule has 7 nitrogen and oxygen atoms in total. The van der Waals surface area contributed by atoms with Crippen LogP contribution >= 0.6 is 0 Å². The summed E-state index contributed by atoms with van der Waals surface area (Å²) in [6, 6.07) is 6.63. The van der Waals surface area contributed by atoms with E-state index in [2.05, 4.69) is 15.4 Å². The second kappa shape index (κ2) is 5.70. The van der Waals surface area contributed by atoms with Crippen LogP contribution in [0.5, 0.6) is 0 Å². The molecule has 1 unspecified atom stereocenters. The highest BCUT2D eigenvalue weighted by Gasteiger charge is 2.09. The lowest BCUT2D eigenvalue weighted by atomic mass is 10.2. The molecule has 0 spiro atoms. The van der Waals surface area contributed by atoms with Crippen molar-refractivity contribution in [3.63, 3.8) is 0 Å². The summed E-state index contributed by atoms with van der Waals surface area (Å²) < 4.78 is 12.0. The van der Waals surface area contributed by atoms with Gasteiger partial charge in [0, 0.05) is 4.90 Å². The molecule has 1 atom stereocenters. The Hall–Kier alpha value is -2.09. The summed E-state index contributed by atoms with van der Waals surface area (Å²) in [5, 5.41) is 20.0. The summed E-state index contributed by atoms with van der Waals surface area (Å²) in [5.74, 6) is -0.292. The molecule has 1 heterocycles. The summed E-state index contributed by atoms with van der Waals surface area (Å²) in [5.41, 5.74) is 0.672. The van der Waals surface area contributed by atoms with Gasteiger partial charge in [-0.2, -0.15) is 4.80 Å². The molecule has 0 saturated carbocycles. The lowest BCUT2D eigenvalue weighted by Gasteiger charge is -2.01. The Labute approximate surface area is 111 Å². The van der Waals surface area contributed by atoms with Crippen LogP contribution < -0.4 is 0 Å². The number of aliphatic carboxylic acids is 1. The smallest absolute Gasteiger partial charge is 0.307 e. The van der Waals surface area contributed by atoms with Gasteiger partial charge < -0.3 is 5.11 Å². The summed E-state index contributed by atoms with van der Waals surface area (Å²) in [4.78, 5) is 12.5. The number of carboxylic acids is 1. The van der Waals surface area contributed by atoms with Crippen molar-refractivity contribution in [3.05, 3.63) is 35.7 Å². The zero-order chi connectivity index (χ0) is 13.8. The molecule has 0 bridgehead atoms. The topological polar surface area (TPSA) is 98.0 Å². The van der Waals surface area contributed by atoms with Crippen molar-refractivity contribution in [2.75, 3.05) is 0 Å². The molecule has 2 aromatic rings. The minimum absolute atomic E-state index is 0.0430.